The lowest BCUT2D eigenvalue weighted by atomic mass is 10.0. The third-order valence-electron chi connectivity index (χ3n) is 2.20. The number of rotatable bonds is 2. The molecule has 1 heterocycles. The first-order valence-corrected chi connectivity index (χ1v) is 6.36. The quantitative estimate of drug-likeness (QED) is 0.715. The molecule has 0 saturated carbocycles. The molecule has 1 rings (SSSR count). The average molecular weight is 215 g/mol. The molecule has 0 atom stereocenters. The van der Waals surface area contributed by atoms with E-state index < -0.39 is 0 Å². The number of hydrogen-bond donors (Lipinski definition) is 1. The van der Waals surface area contributed by atoms with Gasteiger partial charge in [0.25, 0.3) is 0 Å². The van der Waals surface area contributed by atoms with Crippen molar-refractivity contribution in [1.82, 2.24) is 4.72 Å². The standard InChI is InChI=1S/C11H21NOS/c1-8(2)10-11(9(3)4)13-6-5-7-14-12-10/h8-9,12H,5-7H2,1-4H3/b11-10-. The Morgan fingerprint density at radius 2 is 1.93 bits per heavy atom. The molecule has 3 heteroatoms. The van der Waals surface area contributed by atoms with Gasteiger partial charge in [-0.2, -0.15) is 0 Å². The van der Waals surface area contributed by atoms with Gasteiger partial charge in [0.1, 0.15) is 5.76 Å². The highest BCUT2D eigenvalue weighted by molar-refractivity contribution is 7.97. The summed E-state index contributed by atoms with van der Waals surface area (Å²) >= 11 is 1.80. The lowest BCUT2D eigenvalue weighted by molar-refractivity contribution is 0.177. The monoisotopic (exact) mass is 215 g/mol. The van der Waals surface area contributed by atoms with Gasteiger partial charge in [-0.1, -0.05) is 39.6 Å². The normalized spacial score (nSPS) is 24.1. The van der Waals surface area contributed by atoms with Crippen LogP contribution in [0.5, 0.6) is 0 Å². The van der Waals surface area contributed by atoms with E-state index in [2.05, 4.69) is 32.4 Å². The first-order chi connectivity index (χ1) is 6.63. The highest BCUT2D eigenvalue weighted by Crippen LogP contribution is 2.24. The summed E-state index contributed by atoms with van der Waals surface area (Å²) in [4.78, 5) is 0. The fourth-order valence-electron chi connectivity index (χ4n) is 1.45. The lowest BCUT2D eigenvalue weighted by Crippen LogP contribution is -2.20. The van der Waals surface area contributed by atoms with Gasteiger partial charge in [0.05, 0.1) is 12.3 Å². The van der Waals surface area contributed by atoms with Crippen molar-refractivity contribution < 1.29 is 4.74 Å². The maximum atomic E-state index is 5.82. The summed E-state index contributed by atoms with van der Waals surface area (Å²) in [5.74, 6) is 3.26. The molecule has 2 nitrogen and oxygen atoms in total. The summed E-state index contributed by atoms with van der Waals surface area (Å²) in [6, 6.07) is 0. The molecule has 0 spiro atoms. The zero-order chi connectivity index (χ0) is 10.6. The molecule has 0 aromatic rings. The van der Waals surface area contributed by atoms with E-state index >= 15 is 0 Å². The van der Waals surface area contributed by atoms with Crippen molar-refractivity contribution >= 4 is 11.9 Å². The predicted octanol–water partition coefficient (Wildman–Crippen LogP) is 3.17. The van der Waals surface area contributed by atoms with E-state index in [0.29, 0.717) is 11.8 Å². The van der Waals surface area contributed by atoms with E-state index in [4.69, 9.17) is 4.74 Å². The van der Waals surface area contributed by atoms with Crippen LogP contribution in [0.1, 0.15) is 34.1 Å². The van der Waals surface area contributed by atoms with Crippen molar-refractivity contribution in [3.05, 3.63) is 11.5 Å². The molecule has 1 aliphatic heterocycles. The highest BCUT2D eigenvalue weighted by Gasteiger charge is 2.17. The molecule has 1 aliphatic rings. The number of ether oxygens (including phenoxy) is 1. The van der Waals surface area contributed by atoms with Crippen LogP contribution in [0.4, 0.5) is 0 Å². The third kappa shape index (κ3) is 3.12. The number of hydrogen-bond acceptors (Lipinski definition) is 3. The van der Waals surface area contributed by atoms with E-state index in [-0.39, 0.29) is 0 Å². The molecule has 0 radical (unpaired) electrons. The summed E-state index contributed by atoms with van der Waals surface area (Å²) < 4.78 is 9.25. The second kappa shape index (κ2) is 5.54. The molecule has 0 unspecified atom stereocenters. The first kappa shape index (κ1) is 11.8. The zero-order valence-electron chi connectivity index (χ0n) is 9.59. The van der Waals surface area contributed by atoms with Gasteiger partial charge in [0, 0.05) is 11.7 Å². The Morgan fingerprint density at radius 1 is 1.21 bits per heavy atom. The van der Waals surface area contributed by atoms with Crippen LogP contribution in [0.2, 0.25) is 0 Å². The van der Waals surface area contributed by atoms with Crippen molar-refractivity contribution in [3.63, 3.8) is 0 Å². The molecule has 14 heavy (non-hydrogen) atoms. The van der Waals surface area contributed by atoms with Crippen LogP contribution in [-0.4, -0.2) is 12.4 Å². The summed E-state index contributed by atoms with van der Waals surface area (Å²) in [6.07, 6.45) is 1.12. The Labute approximate surface area is 91.6 Å². The summed E-state index contributed by atoms with van der Waals surface area (Å²) in [5, 5.41) is 0. The second-order valence-electron chi connectivity index (χ2n) is 4.24. The minimum absolute atomic E-state index is 0.471. The van der Waals surface area contributed by atoms with E-state index in [1.807, 2.05) is 0 Å². The molecule has 0 aromatic heterocycles. The predicted molar refractivity (Wildman–Crippen MR) is 62.9 cm³/mol. The van der Waals surface area contributed by atoms with E-state index in [1.165, 1.54) is 5.70 Å². The van der Waals surface area contributed by atoms with Gasteiger partial charge in [-0.05, 0) is 12.3 Å². The van der Waals surface area contributed by atoms with Crippen LogP contribution < -0.4 is 4.72 Å². The summed E-state index contributed by atoms with van der Waals surface area (Å²) in [5.41, 5.74) is 1.27. The van der Waals surface area contributed by atoms with Gasteiger partial charge < -0.3 is 9.46 Å². The van der Waals surface area contributed by atoms with E-state index in [0.717, 1.165) is 24.5 Å². The molecule has 0 amide bonds. The van der Waals surface area contributed by atoms with Crippen molar-refractivity contribution in [3.8, 4) is 0 Å². The molecule has 0 aliphatic carbocycles. The molecule has 1 N–H and O–H groups in total. The number of allylic oxidation sites excluding steroid dienone is 2. The maximum Gasteiger partial charge on any atom is 0.118 e. The molecular formula is C11H21NOS. The lowest BCUT2D eigenvalue weighted by Gasteiger charge is -2.24. The minimum Gasteiger partial charge on any atom is -0.496 e. The number of nitrogens with one attached hydrogen (secondary N) is 1. The summed E-state index contributed by atoms with van der Waals surface area (Å²) in [6.45, 7) is 9.64. The van der Waals surface area contributed by atoms with Crippen LogP contribution in [0.15, 0.2) is 11.5 Å². The van der Waals surface area contributed by atoms with Crippen molar-refractivity contribution in [2.75, 3.05) is 12.4 Å². The van der Waals surface area contributed by atoms with E-state index in [9.17, 15) is 0 Å². The highest BCUT2D eigenvalue weighted by atomic mass is 32.2. The molecule has 82 valence electrons. The molecule has 0 saturated heterocycles. The Bertz CT molecular complexity index is 189. The van der Waals surface area contributed by atoms with Crippen LogP contribution in [0.3, 0.4) is 0 Å². The van der Waals surface area contributed by atoms with Crippen molar-refractivity contribution in [2.45, 2.75) is 34.1 Å². The zero-order valence-corrected chi connectivity index (χ0v) is 10.4. The molecule has 0 bridgehead atoms. The smallest absolute Gasteiger partial charge is 0.118 e. The van der Waals surface area contributed by atoms with Crippen LogP contribution >= 0.6 is 11.9 Å². The minimum atomic E-state index is 0.471. The Hall–Kier alpha value is -0.310. The van der Waals surface area contributed by atoms with Gasteiger partial charge in [0.2, 0.25) is 0 Å². The Morgan fingerprint density at radius 3 is 2.50 bits per heavy atom. The van der Waals surface area contributed by atoms with Gasteiger partial charge >= 0.3 is 0 Å². The fraction of sp³-hybridized carbons (Fsp3) is 0.818. The topological polar surface area (TPSA) is 21.3 Å². The Kier molecular flexibility index (Phi) is 4.66. The summed E-state index contributed by atoms with van der Waals surface area (Å²) in [7, 11) is 0. The molecule has 0 aromatic carbocycles. The van der Waals surface area contributed by atoms with Gasteiger partial charge in [-0.15, -0.1) is 0 Å². The Balaban J connectivity index is 2.85. The van der Waals surface area contributed by atoms with Crippen molar-refractivity contribution in [1.29, 1.82) is 0 Å². The third-order valence-corrected chi connectivity index (χ3v) is 3.05. The van der Waals surface area contributed by atoms with Crippen LogP contribution in [0.25, 0.3) is 0 Å². The average Bonchev–Trinajstić information content (AvgIpc) is 2.01. The second-order valence-corrected chi connectivity index (χ2v) is 5.14. The maximum absolute atomic E-state index is 5.82. The largest absolute Gasteiger partial charge is 0.496 e. The van der Waals surface area contributed by atoms with Crippen LogP contribution in [-0.2, 0) is 4.74 Å². The fourth-order valence-corrected chi connectivity index (χ4v) is 2.31. The van der Waals surface area contributed by atoms with Gasteiger partial charge in [-0.25, -0.2) is 0 Å². The molecule has 0 fully saturated rings. The SMILES string of the molecule is CC(C)/C1=C(\C(C)C)OCCCSN1. The van der Waals surface area contributed by atoms with Crippen LogP contribution in [0, 0.1) is 11.8 Å². The van der Waals surface area contributed by atoms with Gasteiger partial charge in [0.15, 0.2) is 0 Å². The first-order valence-electron chi connectivity index (χ1n) is 5.37. The van der Waals surface area contributed by atoms with E-state index in [1.54, 1.807) is 11.9 Å². The van der Waals surface area contributed by atoms with Gasteiger partial charge in [-0.3, -0.25) is 0 Å². The van der Waals surface area contributed by atoms with Crippen molar-refractivity contribution in [2.24, 2.45) is 11.8 Å². The molecular weight excluding hydrogens is 194 g/mol.